The minimum atomic E-state index is -4.50. The molecule has 166 valence electrons. The molecule has 7 nitrogen and oxygen atoms in total. The van der Waals surface area contributed by atoms with E-state index in [2.05, 4.69) is 10.3 Å². The van der Waals surface area contributed by atoms with E-state index in [1.807, 2.05) is 13.8 Å². The number of halogens is 3. The summed E-state index contributed by atoms with van der Waals surface area (Å²) in [6, 6.07) is 7.42. The highest BCUT2D eigenvalue weighted by atomic mass is 19.4. The van der Waals surface area contributed by atoms with Gasteiger partial charge in [-0.1, -0.05) is 6.07 Å². The highest BCUT2D eigenvalue weighted by molar-refractivity contribution is 5.96. The van der Waals surface area contributed by atoms with Crippen LogP contribution in [0.25, 0.3) is 0 Å². The van der Waals surface area contributed by atoms with E-state index in [0.717, 1.165) is 12.1 Å². The van der Waals surface area contributed by atoms with Crippen molar-refractivity contribution in [2.24, 2.45) is 0 Å². The number of rotatable bonds is 5. The molecule has 1 amide bonds. The van der Waals surface area contributed by atoms with Crippen LogP contribution in [0.5, 0.6) is 0 Å². The number of carbonyl (C=O) groups is 2. The summed E-state index contributed by atoms with van der Waals surface area (Å²) < 4.78 is 49.5. The molecule has 10 heteroatoms. The van der Waals surface area contributed by atoms with E-state index in [1.165, 1.54) is 30.5 Å². The molecule has 3 rings (SSSR count). The largest absolute Gasteiger partial charge is 0.452 e. The second kappa shape index (κ2) is 9.34. The first kappa shape index (κ1) is 22.5. The van der Waals surface area contributed by atoms with Gasteiger partial charge in [-0.05, 0) is 44.2 Å². The van der Waals surface area contributed by atoms with E-state index in [4.69, 9.17) is 9.47 Å². The summed E-state index contributed by atoms with van der Waals surface area (Å²) in [5.41, 5.74) is -0.733. The van der Waals surface area contributed by atoms with Gasteiger partial charge in [0.25, 0.3) is 5.91 Å². The average Bonchev–Trinajstić information content (AvgIpc) is 2.71. The number of esters is 1. The van der Waals surface area contributed by atoms with Gasteiger partial charge in [0, 0.05) is 25.0 Å². The first-order valence-corrected chi connectivity index (χ1v) is 9.63. The van der Waals surface area contributed by atoms with Gasteiger partial charge in [0.05, 0.1) is 17.8 Å². The number of hydrogen-bond donors (Lipinski definition) is 1. The van der Waals surface area contributed by atoms with E-state index in [9.17, 15) is 22.8 Å². The molecule has 2 heterocycles. The van der Waals surface area contributed by atoms with E-state index in [-0.39, 0.29) is 35.2 Å². The van der Waals surface area contributed by atoms with Crippen LogP contribution >= 0.6 is 0 Å². The van der Waals surface area contributed by atoms with Crippen molar-refractivity contribution in [1.82, 2.24) is 9.88 Å². The van der Waals surface area contributed by atoms with Gasteiger partial charge in [0.15, 0.2) is 6.61 Å². The summed E-state index contributed by atoms with van der Waals surface area (Å²) in [5.74, 6) is -1.15. The van der Waals surface area contributed by atoms with Crippen LogP contribution in [0.2, 0.25) is 0 Å². The van der Waals surface area contributed by atoms with Crippen molar-refractivity contribution in [1.29, 1.82) is 0 Å². The second-order valence-electron chi connectivity index (χ2n) is 7.24. The molecule has 0 unspecified atom stereocenters. The lowest BCUT2D eigenvalue weighted by Gasteiger charge is -2.35. The number of anilines is 2. The lowest BCUT2D eigenvalue weighted by atomic mass is 10.2. The number of amides is 1. The number of nitrogens with zero attached hydrogens (tertiary/aromatic N) is 2. The molecule has 0 aliphatic carbocycles. The van der Waals surface area contributed by atoms with Crippen LogP contribution in [-0.2, 0) is 20.4 Å². The monoisotopic (exact) mass is 437 g/mol. The maximum Gasteiger partial charge on any atom is 0.416 e. The van der Waals surface area contributed by atoms with Crippen LogP contribution in [0.1, 0.15) is 29.8 Å². The molecule has 31 heavy (non-hydrogen) atoms. The van der Waals surface area contributed by atoms with Crippen molar-refractivity contribution in [3.8, 4) is 0 Å². The third kappa shape index (κ3) is 5.94. The Bertz CT molecular complexity index is 941. The van der Waals surface area contributed by atoms with Gasteiger partial charge in [-0.2, -0.15) is 13.2 Å². The lowest BCUT2D eigenvalue weighted by molar-refractivity contribution is -0.146. The van der Waals surface area contributed by atoms with E-state index >= 15 is 0 Å². The fourth-order valence-corrected chi connectivity index (χ4v) is 3.26. The number of benzene rings is 1. The minimum absolute atomic E-state index is 0.00331. The first-order chi connectivity index (χ1) is 14.6. The molecular formula is C21H22F3N3O4. The Labute approximate surface area is 177 Å². The van der Waals surface area contributed by atoms with Crippen LogP contribution in [0.15, 0.2) is 42.6 Å². The first-order valence-electron chi connectivity index (χ1n) is 9.63. The fraction of sp³-hybridized carbons (Fsp3) is 0.381. The molecule has 1 aromatic heterocycles. The molecule has 2 atom stereocenters. The Morgan fingerprint density at radius 3 is 2.58 bits per heavy atom. The average molecular weight is 437 g/mol. The van der Waals surface area contributed by atoms with Gasteiger partial charge in [-0.25, -0.2) is 9.78 Å². The normalized spacial score (nSPS) is 19.1. The maximum atomic E-state index is 12.9. The summed E-state index contributed by atoms with van der Waals surface area (Å²) in [7, 11) is 0. The number of carbonyl (C=O) groups excluding carboxylic acids is 2. The third-order valence-corrected chi connectivity index (χ3v) is 4.58. The van der Waals surface area contributed by atoms with E-state index in [0.29, 0.717) is 13.1 Å². The molecule has 0 bridgehead atoms. The summed E-state index contributed by atoms with van der Waals surface area (Å²) >= 11 is 0. The minimum Gasteiger partial charge on any atom is -0.452 e. The number of aromatic nitrogens is 1. The molecule has 1 saturated heterocycles. The Morgan fingerprint density at radius 2 is 1.90 bits per heavy atom. The molecule has 0 spiro atoms. The Morgan fingerprint density at radius 1 is 1.19 bits per heavy atom. The molecule has 1 aromatic carbocycles. The number of nitrogens with one attached hydrogen (secondary N) is 1. The molecule has 1 fully saturated rings. The molecule has 1 N–H and O–H groups in total. The van der Waals surface area contributed by atoms with Crippen molar-refractivity contribution in [2.45, 2.75) is 32.2 Å². The SMILES string of the molecule is C[C@@H]1CN(C(=O)COC(=O)c2cccnc2Nc2cccc(C(F)(F)F)c2)C[C@H](C)O1. The predicted molar refractivity (Wildman–Crippen MR) is 106 cm³/mol. The number of hydrogen-bond acceptors (Lipinski definition) is 6. The standard InChI is InChI=1S/C21H22F3N3O4/c1-13-10-27(11-14(2)31-13)18(28)12-30-20(29)17-7-4-8-25-19(17)26-16-6-3-5-15(9-16)21(22,23)24/h3-9,13-14H,10-12H2,1-2H3,(H,25,26)/t13-,14+. The highest BCUT2D eigenvalue weighted by Gasteiger charge is 2.30. The molecule has 0 saturated carbocycles. The van der Waals surface area contributed by atoms with Crippen LogP contribution in [-0.4, -0.2) is 53.7 Å². The van der Waals surface area contributed by atoms with Gasteiger partial charge in [0.1, 0.15) is 11.4 Å². The molecule has 1 aliphatic heterocycles. The van der Waals surface area contributed by atoms with Gasteiger partial charge < -0.3 is 19.7 Å². The smallest absolute Gasteiger partial charge is 0.416 e. The third-order valence-electron chi connectivity index (χ3n) is 4.58. The van der Waals surface area contributed by atoms with Crippen molar-refractivity contribution >= 4 is 23.4 Å². The van der Waals surface area contributed by atoms with E-state index in [1.54, 1.807) is 4.90 Å². The zero-order valence-electron chi connectivity index (χ0n) is 17.0. The van der Waals surface area contributed by atoms with Crippen molar-refractivity contribution < 1.29 is 32.2 Å². The van der Waals surface area contributed by atoms with E-state index < -0.39 is 24.3 Å². The maximum absolute atomic E-state index is 12.9. The summed E-state index contributed by atoms with van der Waals surface area (Å²) in [6.45, 7) is 4.04. The quantitative estimate of drug-likeness (QED) is 0.720. The lowest BCUT2D eigenvalue weighted by Crippen LogP contribution is -2.49. The summed E-state index contributed by atoms with van der Waals surface area (Å²) in [5, 5.41) is 2.70. The van der Waals surface area contributed by atoms with Gasteiger partial charge >= 0.3 is 12.1 Å². The Hall–Kier alpha value is -3.14. The summed E-state index contributed by atoms with van der Waals surface area (Å²) in [6.07, 6.45) is -3.36. The Kier molecular flexibility index (Phi) is 6.79. The highest BCUT2D eigenvalue weighted by Crippen LogP contribution is 2.31. The van der Waals surface area contributed by atoms with Crippen LogP contribution in [0, 0.1) is 0 Å². The van der Waals surface area contributed by atoms with Gasteiger partial charge in [-0.3, -0.25) is 4.79 Å². The van der Waals surface area contributed by atoms with Crippen LogP contribution in [0.3, 0.4) is 0 Å². The fourth-order valence-electron chi connectivity index (χ4n) is 3.26. The van der Waals surface area contributed by atoms with Crippen molar-refractivity contribution in [2.75, 3.05) is 25.0 Å². The molecular weight excluding hydrogens is 415 g/mol. The predicted octanol–water partition coefficient (Wildman–Crippen LogP) is 3.64. The van der Waals surface area contributed by atoms with Crippen LogP contribution in [0.4, 0.5) is 24.7 Å². The number of pyridine rings is 1. The zero-order chi connectivity index (χ0) is 22.6. The number of alkyl halides is 3. The molecule has 2 aromatic rings. The molecule has 0 radical (unpaired) electrons. The van der Waals surface area contributed by atoms with Crippen molar-refractivity contribution in [3.05, 3.63) is 53.7 Å². The van der Waals surface area contributed by atoms with Crippen LogP contribution < -0.4 is 5.32 Å². The zero-order valence-corrected chi connectivity index (χ0v) is 17.0. The summed E-state index contributed by atoms with van der Waals surface area (Å²) in [4.78, 5) is 30.5. The molecule has 1 aliphatic rings. The topological polar surface area (TPSA) is 80.8 Å². The van der Waals surface area contributed by atoms with Gasteiger partial charge in [-0.15, -0.1) is 0 Å². The second-order valence-corrected chi connectivity index (χ2v) is 7.24. The Balaban J connectivity index is 1.67. The van der Waals surface area contributed by atoms with Crippen molar-refractivity contribution in [3.63, 3.8) is 0 Å². The number of morpholine rings is 1. The number of ether oxygens (including phenoxy) is 2. The van der Waals surface area contributed by atoms with Gasteiger partial charge in [0.2, 0.25) is 0 Å².